The summed E-state index contributed by atoms with van der Waals surface area (Å²) < 4.78 is 0. The molecule has 0 aliphatic carbocycles. The summed E-state index contributed by atoms with van der Waals surface area (Å²) in [5.74, 6) is -2.83. The smallest absolute Gasteiger partial charge is 0.857 e. The largest absolute Gasteiger partial charge is 1.00 e. The molecule has 1 radical (unpaired) electrons. The first-order valence-corrected chi connectivity index (χ1v) is 6.69. The predicted octanol–water partition coefficient (Wildman–Crippen LogP) is -6.98. The van der Waals surface area contributed by atoms with Gasteiger partial charge in [-0.1, -0.05) is 7.43 Å². The molecule has 9 N–H and O–H groups in total. The number of hydrogen-bond donors (Lipinski definition) is 7. The van der Waals surface area contributed by atoms with Crippen LogP contribution in [0, 0.1) is 5.41 Å². The van der Waals surface area contributed by atoms with E-state index in [1.54, 1.807) is 0 Å². The van der Waals surface area contributed by atoms with Crippen LogP contribution in [0.4, 0.5) is 9.59 Å². The van der Waals surface area contributed by atoms with Gasteiger partial charge in [-0.05, 0) is 13.8 Å². The number of guanidine groups is 1. The van der Waals surface area contributed by atoms with Gasteiger partial charge in [-0.25, -0.2) is 9.59 Å². The maximum absolute atomic E-state index is 11.0. The molecule has 1 heterocycles. The Morgan fingerprint density at radius 1 is 1.00 bits per heavy atom. The molecule has 0 aromatic heterocycles. The second-order valence-electron chi connectivity index (χ2n) is 4.46. The number of Topliss-reactive ketones (excluding diaryl/α,β-unsaturated/α-hetero) is 2. The van der Waals surface area contributed by atoms with Crippen LogP contribution in [0.3, 0.4) is 0 Å². The van der Waals surface area contributed by atoms with Gasteiger partial charge in [-0.3, -0.25) is 35.2 Å². The molecular formula is C13H24N7NaO7Y. The zero-order valence-electron chi connectivity index (χ0n) is 15.7. The van der Waals surface area contributed by atoms with Crippen LogP contribution in [0.15, 0.2) is 0 Å². The first-order chi connectivity index (χ1) is 12.0. The molecule has 0 atom stereocenters. The number of nitrogens with two attached hydrogens (primary N) is 2. The Balaban J connectivity index is -0.000000112. The predicted molar refractivity (Wildman–Crippen MR) is 91.0 cm³/mol. The molecular weight excluding hydrogens is 478 g/mol. The molecule has 1 saturated heterocycles. The van der Waals surface area contributed by atoms with Crippen LogP contribution < -0.4 is 67.4 Å². The van der Waals surface area contributed by atoms with Crippen molar-refractivity contribution in [3.63, 3.8) is 0 Å². The van der Waals surface area contributed by atoms with Crippen molar-refractivity contribution in [1.29, 1.82) is 5.41 Å². The van der Waals surface area contributed by atoms with E-state index >= 15 is 0 Å². The number of carbonyl (C=O) groups is 6. The van der Waals surface area contributed by atoms with Crippen molar-refractivity contribution >= 4 is 41.4 Å². The Labute approximate surface area is 214 Å². The van der Waals surface area contributed by atoms with Crippen molar-refractivity contribution < 1.29 is 96.1 Å². The molecule has 0 aromatic carbocycles. The fraction of sp³-hybridized carbons (Fsp3) is 0.462. The molecule has 1 fully saturated rings. The molecule has 0 unspecified atom stereocenters. The fourth-order valence-electron chi connectivity index (χ4n) is 1.45. The van der Waals surface area contributed by atoms with Gasteiger partial charge in [0.05, 0.1) is 0 Å². The second kappa shape index (κ2) is 19.9. The number of rotatable bonds is 4. The molecule has 1 aliphatic rings. The van der Waals surface area contributed by atoms with E-state index in [-0.39, 0.29) is 69.7 Å². The topological polar surface area (TPSA) is 249 Å². The SMILES string of the molecule is C.CC(=O)C(NC(N)=O)C(C)=O.C[O-].N=C1NC(=O)C(NC(N)=O)C(=O)N1.[Na+].[Y]. The molecule has 0 spiro atoms. The standard InChI is InChI=1S/C6H10N2O3.C5H7N5O3.CH3O.CH4.Na.Y/c1-3(9)5(4(2)10)8-6(7)11;6-4-9-2(11)1(3(12)10-4)8-5(7)13;1-2;;;/h5H,1-2H3,(H3,7,8,11);1H,(H3,7,8,13)(H3,6,9,10,11,12);1H3;1H4;;/q;;-1;;+1;. The normalized spacial score (nSPS) is 13.6. The Bertz CT molecular complexity index is 584. The van der Waals surface area contributed by atoms with Crippen LogP contribution in [0.5, 0.6) is 0 Å². The van der Waals surface area contributed by atoms with Gasteiger partial charge < -0.3 is 27.2 Å². The molecule has 0 aromatic rings. The molecule has 29 heavy (non-hydrogen) atoms. The molecule has 1 aliphatic heterocycles. The van der Waals surface area contributed by atoms with Gasteiger partial charge in [-0.15, -0.1) is 0 Å². The van der Waals surface area contributed by atoms with E-state index in [4.69, 9.17) is 22.0 Å². The van der Waals surface area contributed by atoms with Crippen LogP contribution in [0.25, 0.3) is 0 Å². The number of nitrogens with one attached hydrogen (secondary N) is 5. The number of amides is 6. The molecule has 0 saturated carbocycles. The minimum Gasteiger partial charge on any atom is -0.857 e. The quantitative estimate of drug-likeness (QED) is 0.144. The summed E-state index contributed by atoms with van der Waals surface area (Å²) >= 11 is 0. The van der Waals surface area contributed by atoms with Crippen molar-refractivity contribution in [2.24, 2.45) is 11.5 Å². The van der Waals surface area contributed by atoms with Gasteiger partial charge in [0.25, 0.3) is 11.8 Å². The van der Waals surface area contributed by atoms with Crippen molar-refractivity contribution in [1.82, 2.24) is 21.3 Å². The van der Waals surface area contributed by atoms with Crippen molar-refractivity contribution in [2.75, 3.05) is 7.11 Å². The van der Waals surface area contributed by atoms with E-state index in [0.29, 0.717) is 0 Å². The Kier molecular flexibility index (Phi) is 26.1. The number of primary amides is 2. The van der Waals surface area contributed by atoms with Gasteiger partial charge in [0.15, 0.2) is 17.6 Å². The maximum Gasteiger partial charge on any atom is 1.00 e. The van der Waals surface area contributed by atoms with E-state index in [0.717, 1.165) is 7.11 Å². The summed E-state index contributed by atoms with van der Waals surface area (Å²) in [6, 6.07) is -4.32. The van der Waals surface area contributed by atoms with E-state index in [1.807, 2.05) is 21.3 Å². The minimum absolute atomic E-state index is 0. The summed E-state index contributed by atoms with van der Waals surface area (Å²) in [4.78, 5) is 63.8. The van der Waals surface area contributed by atoms with E-state index < -0.39 is 53.5 Å². The molecule has 157 valence electrons. The molecule has 1 rings (SSSR count). The third-order valence-electron chi connectivity index (χ3n) is 2.41. The summed E-state index contributed by atoms with van der Waals surface area (Å²) in [6.07, 6.45) is 0. The Hall–Kier alpha value is -1.45. The van der Waals surface area contributed by atoms with Crippen LogP contribution in [0.1, 0.15) is 21.3 Å². The molecule has 6 amide bonds. The van der Waals surface area contributed by atoms with Crippen LogP contribution >= 0.6 is 0 Å². The van der Waals surface area contributed by atoms with E-state index in [1.165, 1.54) is 13.8 Å². The number of urea groups is 2. The summed E-state index contributed by atoms with van der Waals surface area (Å²) in [7, 11) is 0.750. The van der Waals surface area contributed by atoms with Gasteiger partial charge in [0.1, 0.15) is 6.04 Å². The fourth-order valence-corrected chi connectivity index (χ4v) is 1.45. The monoisotopic (exact) mass is 502 g/mol. The zero-order valence-corrected chi connectivity index (χ0v) is 20.6. The Morgan fingerprint density at radius 2 is 1.34 bits per heavy atom. The van der Waals surface area contributed by atoms with Gasteiger partial charge in [-0.2, -0.15) is 7.11 Å². The first kappa shape index (κ1) is 38.2. The van der Waals surface area contributed by atoms with E-state index in [2.05, 4.69) is 0 Å². The number of ketones is 2. The minimum atomic E-state index is -1.37. The van der Waals surface area contributed by atoms with Gasteiger partial charge >= 0.3 is 41.6 Å². The summed E-state index contributed by atoms with van der Waals surface area (Å²) in [6.45, 7) is 2.42. The average Bonchev–Trinajstić information content (AvgIpc) is 2.50. The van der Waals surface area contributed by atoms with Crippen LogP contribution in [0.2, 0.25) is 0 Å². The van der Waals surface area contributed by atoms with Gasteiger partial charge in [0, 0.05) is 32.7 Å². The van der Waals surface area contributed by atoms with Gasteiger partial charge in [0.2, 0.25) is 5.96 Å². The Morgan fingerprint density at radius 3 is 1.55 bits per heavy atom. The molecule has 14 nitrogen and oxygen atoms in total. The van der Waals surface area contributed by atoms with Crippen LogP contribution in [-0.4, -0.2) is 60.6 Å². The zero-order chi connectivity index (χ0) is 21.0. The third kappa shape index (κ3) is 17.1. The summed E-state index contributed by atoms with van der Waals surface area (Å²) in [5.41, 5.74) is 9.43. The number of hydrogen-bond acceptors (Lipinski definition) is 8. The molecule has 16 heteroatoms. The second-order valence-corrected chi connectivity index (χ2v) is 4.46. The molecule has 0 bridgehead atoms. The third-order valence-corrected chi connectivity index (χ3v) is 2.41. The van der Waals surface area contributed by atoms with Crippen molar-refractivity contribution in [2.45, 2.75) is 33.4 Å². The summed E-state index contributed by atoms with van der Waals surface area (Å²) in [5, 5.41) is 23.1. The van der Waals surface area contributed by atoms with Crippen molar-refractivity contribution in [3.05, 3.63) is 0 Å². The maximum atomic E-state index is 11.0. The van der Waals surface area contributed by atoms with Crippen molar-refractivity contribution in [3.8, 4) is 0 Å². The first-order valence-electron chi connectivity index (χ1n) is 6.69. The number of carbonyl (C=O) groups excluding carboxylic acids is 6. The van der Waals surface area contributed by atoms with E-state index in [9.17, 15) is 28.8 Å². The van der Waals surface area contributed by atoms with Crippen LogP contribution in [-0.2, 0) is 51.9 Å². The average molecular weight is 502 g/mol.